The van der Waals surface area contributed by atoms with Crippen LogP contribution in [0.4, 0.5) is 5.82 Å². The Bertz CT molecular complexity index is 736. The summed E-state index contributed by atoms with van der Waals surface area (Å²) in [4.78, 5) is 12.1. The summed E-state index contributed by atoms with van der Waals surface area (Å²) >= 11 is 0. The molecule has 1 amide bonds. The third-order valence-electron chi connectivity index (χ3n) is 2.97. The van der Waals surface area contributed by atoms with E-state index in [0.29, 0.717) is 5.82 Å². The van der Waals surface area contributed by atoms with Crippen LogP contribution in [0.5, 0.6) is 0 Å². The van der Waals surface area contributed by atoms with Gasteiger partial charge in [-0.3, -0.25) is 9.48 Å². The van der Waals surface area contributed by atoms with E-state index >= 15 is 0 Å². The summed E-state index contributed by atoms with van der Waals surface area (Å²) in [7, 11) is -1.72. The third-order valence-corrected chi connectivity index (χ3v) is 4.70. The number of amides is 1. The van der Waals surface area contributed by atoms with E-state index < -0.39 is 9.84 Å². The first kappa shape index (κ1) is 15.2. The van der Waals surface area contributed by atoms with Gasteiger partial charge in [0.25, 0.3) is 0 Å². The first-order chi connectivity index (χ1) is 9.88. The first-order valence-electron chi connectivity index (χ1n) is 6.47. The molecule has 0 aliphatic heterocycles. The zero-order chi connectivity index (χ0) is 15.5. The molecule has 1 aromatic carbocycles. The predicted octanol–water partition coefficient (Wildman–Crippen LogP) is 1.53. The molecular weight excluding hydrogens is 290 g/mol. The number of carbonyl (C=O) groups excluding carboxylic acids is 1. The second kappa shape index (κ2) is 6.09. The molecule has 1 aromatic heterocycles. The van der Waals surface area contributed by atoms with E-state index in [9.17, 15) is 13.2 Å². The van der Waals surface area contributed by atoms with Crippen molar-refractivity contribution in [2.45, 2.75) is 18.2 Å². The Balaban J connectivity index is 1.97. The van der Waals surface area contributed by atoms with Gasteiger partial charge in [0.15, 0.2) is 9.84 Å². The van der Waals surface area contributed by atoms with Crippen LogP contribution in [0.1, 0.15) is 12.1 Å². The number of sulfone groups is 1. The van der Waals surface area contributed by atoms with E-state index in [2.05, 4.69) is 10.4 Å². The lowest BCUT2D eigenvalue weighted by Gasteiger charge is -2.06. The maximum absolute atomic E-state index is 12.1. The third kappa shape index (κ3) is 3.91. The molecule has 0 bridgehead atoms. The Hall–Kier alpha value is -2.15. The molecule has 1 N–H and O–H groups in total. The highest BCUT2D eigenvalue weighted by molar-refractivity contribution is 7.91. The average molecular weight is 307 g/mol. The van der Waals surface area contributed by atoms with Crippen molar-refractivity contribution in [3.8, 4) is 0 Å². The normalized spacial score (nSPS) is 11.3. The molecule has 0 spiro atoms. The van der Waals surface area contributed by atoms with Crippen LogP contribution in [-0.2, 0) is 21.7 Å². The second-order valence-electron chi connectivity index (χ2n) is 4.72. The second-order valence-corrected chi connectivity index (χ2v) is 6.83. The van der Waals surface area contributed by atoms with Gasteiger partial charge in [-0.15, -0.1) is 0 Å². The fourth-order valence-electron chi connectivity index (χ4n) is 1.91. The number of anilines is 1. The van der Waals surface area contributed by atoms with Crippen LogP contribution >= 0.6 is 0 Å². The molecular formula is C14H17N3O3S. The fraction of sp³-hybridized carbons (Fsp3) is 0.286. The van der Waals surface area contributed by atoms with Gasteiger partial charge in [-0.05, 0) is 19.1 Å². The number of nitrogens with zero attached hydrogens (tertiary/aromatic N) is 2. The molecule has 0 saturated carbocycles. The number of hydrogen-bond acceptors (Lipinski definition) is 4. The summed E-state index contributed by atoms with van der Waals surface area (Å²) in [6.07, 6.45) is -0.0958. The molecule has 112 valence electrons. The van der Waals surface area contributed by atoms with Crippen LogP contribution in [0.3, 0.4) is 0 Å². The van der Waals surface area contributed by atoms with Crippen molar-refractivity contribution in [2.24, 2.45) is 7.05 Å². The van der Waals surface area contributed by atoms with Crippen molar-refractivity contribution < 1.29 is 13.2 Å². The van der Waals surface area contributed by atoms with Gasteiger partial charge in [0.1, 0.15) is 5.82 Å². The number of aryl methyl sites for hydroxylation is 2. The van der Waals surface area contributed by atoms with Crippen LogP contribution in [0.25, 0.3) is 0 Å². The molecule has 2 rings (SSSR count). The number of benzene rings is 1. The van der Waals surface area contributed by atoms with Crippen molar-refractivity contribution >= 4 is 21.6 Å². The van der Waals surface area contributed by atoms with Gasteiger partial charge in [-0.2, -0.15) is 5.10 Å². The number of rotatable bonds is 5. The molecule has 7 heteroatoms. The summed E-state index contributed by atoms with van der Waals surface area (Å²) in [6.45, 7) is 1.81. The highest BCUT2D eigenvalue weighted by Crippen LogP contribution is 2.12. The number of aromatic nitrogens is 2. The smallest absolute Gasteiger partial charge is 0.226 e. The van der Waals surface area contributed by atoms with Gasteiger partial charge in [0.2, 0.25) is 5.91 Å². The molecule has 2 aromatic rings. The van der Waals surface area contributed by atoms with E-state index in [1.54, 1.807) is 36.0 Å². The minimum absolute atomic E-state index is 0.0958. The summed E-state index contributed by atoms with van der Waals surface area (Å²) in [5.74, 6) is -0.0215. The van der Waals surface area contributed by atoms with Gasteiger partial charge in [0.05, 0.1) is 16.3 Å². The maximum Gasteiger partial charge on any atom is 0.226 e. The SMILES string of the molecule is Cc1cc(NC(=O)CCS(=O)(=O)c2ccccc2)n(C)n1. The van der Waals surface area contributed by atoms with Crippen LogP contribution < -0.4 is 5.32 Å². The highest BCUT2D eigenvalue weighted by atomic mass is 32.2. The zero-order valence-electron chi connectivity index (χ0n) is 11.9. The minimum Gasteiger partial charge on any atom is -0.311 e. The first-order valence-corrected chi connectivity index (χ1v) is 8.12. The van der Waals surface area contributed by atoms with E-state index in [-0.39, 0.29) is 23.0 Å². The molecule has 0 saturated heterocycles. The molecule has 0 atom stereocenters. The quantitative estimate of drug-likeness (QED) is 0.908. The van der Waals surface area contributed by atoms with Crippen molar-refractivity contribution in [3.63, 3.8) is 0 Å². The summed E-state index contributed by atoms with van der Waals surface area (Å²) in [5, 5.41) is 6.76. The van der Waals surface area contributed by atoms with E-state index in [1.807, 2.05) is 6.92 Å². The van der Waals surface area contributed by atoms with Gasteiger partial charge in [-0.25, -0.2) is 8.42 Å². The lowest BCUT2D eigenvalue weighted by molar-refractivity contribution is -0.115. The number of nitrogens with one attached hydrogen (secondary N) is 1. The molecule has 0 fully saturated rings. The minimum atomic E-state index is -3.44. The standard InChI is InChI=1S/C14H17N3O3S/c1-11-10-13(17(2)16-11)15-14(18)8-9-21(19,20)12-6-4-3-5-7-12/h3-7,10H,8-9H2,1-2H3,(H,15,18). The summed E-state index contributed by atoms with van der Waals surface area (Å²) < 4.78 is 25.7. The van der Waals surface area contributed by atoms with Crippen molar-refractivity contribution in [3.05, 3.63) is 42.1 Å². The van der Waals surface area contributed by atoms with Gasteiger partial charge in [-0.1, -0.05) is 18.2 Å². The molecule has 6 nitrogen and oxygen atoms in total. The molecule has 1 heterocycles. The van der Waals surface area contributed by atoms with Crippen molar-refractivity contribution in [1.82, 2.24) is 9.78 Å². The molecule has 21 heavy (non-hydrogen) atoms. The molecule has 0 aliphatic rings. The van der Waals surface area contributed by atoms with Gasteiger partial charge < -0.3 is 5.32 Å². The van der Waals surface area contributed by atoms with Gasteiger partial charge >= 0.3 is 0 Å². The largest absolute Gasteiger partial charge is 0.311 e. The summed E-state index contributed by atoms with van der Waals surface area (Å²) in [5.41, 5.74) is 0.782. The Morgan fingerprint density at radius 3 is 2.52 bits per heavy atom. The maximum atomic E-state index is 12.1. The zero-order valence-corrected chi connectivity index (χ0v) is 12.7. The van der Waals surface area contributed by atoms with Crippen LogP contribution in [0.15, 0.2) is 41.3 Å². The highest BCUT2D eigenvalue weighted by Gasteiger charge is 2.16. The fourth-order valence-corrected chi connectivity index (χ4v) is 3.17. The predicted molar refractivity (Wildman–Crippen MR) is 79.7 cm³/mol. The van der Waals surface area contributed by atoms with Crippen molar-refractivity contribution in [1.29, 1.82) is 0 Å². The van der Waals surface area contributed by atoms with E-state index in [1.165, 1.54) is 12.1 Å². The molecule has 0 unspecified atom stereocenters. The monoisotopic (exact) mass is 307 g/mol. The lowest BCUT2D eigenvalue weighted by Crippen LogP contribution is -2.18. The van der Waals surface area contributed by atoms with Crippen LogP contribution in [-0.4, -0.2) is 29.9 Å². The van der Waals surface area contributed by atoms with Gasteiger partial charge in [0, 0.05) is 19.5 Å². The van der Waals surface area contributed by atoms with Crippen LogP contribution in [0, 0.1) is 6.92 Å². The lowest BCUT2D eigenvalue weighted by atomic mass is 10.4. The van der Waals surface area contributed by atoms with E-state index in [0.717, 1.165) is 5.69 Å². The average Bonchev–Trinajstić information content (AvgIpc) is 2.76. The number of carbonyl (C=O) groups is 1. The Morgan fingerprint density at radius 1 is 1.29 bits per heavy atom. The van der Waals surface area contributed by atoms with E-state index in [4.69, 9.17) is 0 Å². The molecule has 0 aliphatic carbocycles. The topological polar surface area (TPSA) is 81.1 Å². The Labute approximate surface area is 123 Å². The van der Waals surface area contributed by atoms with Crippen LogP contribution in [0.2, 0.25) is 0 Å². The Kier molecular flexibility index (Phi) is 4.42. The van der Waals surface area contributed by atoms with Crippen molar-refractivity contribution in [2.75, 3.05) is 11.1 Å². The Morgan fingerprint density at radius 2 is 1.95 bits per heavy atom. The molecule has 0 radical (unpaired) electrons. The number of hydrogen-bond donors (Lipinski definition) is 1. The summed E-state index contributed by atoms with van der Waals surface area (Å²) in [6, 6.07) is 9.84.